The molecule has 0 radical (unpaired) electrons. The lowest BCUT2D eigenvalue weighted by atomic mass is 9.95. The summed E-state index contributed by atoms with van der Waals surface area (Å²) in [6, 6.07) is 3.43. The lowest BCUT2D eigenvalue weighted by Crippen LogP contribution is -2.50. The van der Waals surface area contributed by atoms with Crippen LogP contribution in [0.2, 0.25) is 0 Å². The molecule has 2 nitrogen and oxygen atoms in total. The Morgan fingerprint density at radius 1 is 1.12 bits per heavy atom. The molecule has 3 atom stereocenters. The zero-order chi connectivity index (χ0) is 11.8. The predicted octanol–water partition coefficient (Wildman–Crippen LogP) is 2.78. The number of rotatable bonds is 5. The van der Waals surface area contributed by atoms with Crippen LogP contribution in [0.25, 0.3) is 0 Å². The second-order valence-corrected chi connectivity index (χ2v) is 6.62. The van der Waals surface area contributed by atoms with E-state index in [1.54, 1.807) is 0 Å². The molecule has 2 heterocycles. The molecule has 3 fully saturated rings. The Labute approximate surface area is 106 Å². The summed E-state index contributed by atoms with van der Waals surface area (Å²) in [6.45, 7) is 2.34. The van der Waals surface area contributed by atoms with Crippen LogP contribution in [0.3, 0.4) is 0 Å². The maximum absolute atomic E-state index is 3.76. The maximum Gasteiger partial charge on any atom is 0.0125 e. The van der Waals surface area contributed by atoms with Crippen molar-refractivity contribution in [1.82, 2.24) is 10.2 Å². The molecule has 0 amide bonds. The van der Waals surface area contributed by atoms with Crippen molar-refractivity contribution in [2.45, 2.75) is 82.5 Å². The topological polar surface area (TPSA) is 15.3 Å². The van der Waals surface area contributed by atoms with E-state index in [9.17, 15) is 0 Å². The number of hydrogen-bond donors (Lipinski definition) is 1. The van der Waals surface area contributed by atoms with E-state index in [1.165, 1.54) is 51.4 Å². The number of fused-ring (bicyclic) bond motifs is 2. The molecule has 2 aliphatic heterocycles. The van der Waals surface area contributed by atoms with Crippen molar-refractivity contribution in [1.29, 1.82) is 0 Å². The SMILES string of the molecule is CCCC(C1CC1)N(C)C1CC2CCC(C1)N2. The monoisotopic (exact) mass is 236 g/mol. The third-order valence-electron chi connectivity index (χ3n) is 5.30. The summed E-state index contributed by atoms with van der Waals surface area (Å²) in [5.74, 6) is 1.03. The third-order valence-corrected chi connectivity index (χ3v) is 5.30. The minimum absolute atomic E-state index is 0.836. The van der Waals surface area contributed by atoms with Crippen LogP contribution < -0.4 is 5.32 Å². The molecule has 98 valence electrons. The molecule has 2 bridgehead atoms. The van der Waals surface area contributed by atoms with Gasteiger partial charge in [0.05, 0.1) is 0 Å². The Bertz CT molecular complexity index is 250. The molecule has 0 aromatic heterocycles. The highest BCUT2D eigenvalue weighted by atomic mass is 15.2. The second-order valence-electron chi connectivity index (χ2n) is 6.62. The molecule has 2 heteroatoms. The quantitative estimate of drug-likeness (QED) is 0.789. The molecular weight excluding hydrogens is 208 g/mol. The highest BCUT2D eigenvalue weighted by molar-refractivity contribution is 4.98. The van der Waals surface area contributed by atoms with E-state index in [-0.39, 0.29) is 0 Å². The smallest absolute Gasteiger partial charge is 0.0125 e. The van der Waals surface area contributed by atoms with Crippen LogP contribution in [0.1, 0.15) is 58.3 Å². The molecule has 1 aliphatic carbocycles. The van der Waals surface area contributed by atoms with Crippen molar-refractivity contribution >= 4 is 0 Å². The predicted molar refractivity (Wildman–Crippen MR) is 72.2 cm³/mol. The maximum atomic E-state index is 3.76. The summed E-state index contributed by atoms with van der Waals surface area (Å²) in [5, 5.41) is 3.76. The van der Waals surface area contributed by atoms with Crippen LogP contribution in [-0.2, 0) is 0 Å². The van der Waals surface area contributed by atoms with Gasteiger partial charge in [0, 0.05) is 24.2 Å². The summed E-state index contributed by atoms with van der Waals surface area (Å²) in [4.78, 5) is 2.77. The van der Waals surface area contributed by atoms with Crippen molar-refractivity contribution in [2.24, 2.45) is 5.92 Å². The van der Waals surface area contributed by atoms with Crippen LogP contribution in [0.15, 0.2) is 0 Å². The minimum atomic E-state index is 0.836. The Morgan fingerprint density at radius 2 is 1.76 bits per heavy atom. The first-order valence-corrected chi connectivity index (χ1v) is 7.76. The lowest BCUT2D eigenvalue weighted by Gasteiger charge is -2.40. The molecule has 17 heavy (non-hydrogen) atoms. The number of hydrogen-bond acceptors (Lipinski definition) is 2. The Hall–Kier alpha value is -0.0800. The van der Waals surface area contributed by atoms with Crippen molar-refractivity contribution in [3.05, 3.63) is 0 Å². The highest BCUT2D eigenvalue weighted by Crippen LogP contribution is 2.39. The molecule has 0 aromatic rings. The third kappa shape index (κ3) is 2.53. The van der Waals surface area contributed by atoms with Crippen molar-refractivity contribution < 1.29 is 0 Å². The van der Waals surface area contributed by atoms with Crippen LogP contribution in [0.4, 0.5) is 0 Å². The summed E-state index contributed by atoms with van der Waals surface area (Å²) in [5.41, 5.74) is 0. The zero-order valence-electron chi connectivity index (χ0n) is 11.5. The first-order valence-electron chi connectivity index (χ1n) is 7.76. The van der Waals surface area contributed by atoms with Crippen molar-refractivity contribution in [3.63, 3.8) is 0 Å². The van der Waals surface area contributed by atoms with Gasteiger partial charge in [-0.15, -0.1) is 0 Å². The molecule has 3 rings (SSSR count). The van der Waals surface area contributed by atoms with Crippen molar-refractivity contribution in [2.75, 3.05) is 7.05 Å². The summed E-state index contributed by atoms with van der Waals surface area (Å²) in [7, 11) is 2.41. The lowest BCUT2D eigenvalue weighted by molar-refractivity contribution is 0.106. The molecule has 2 saturated heterocycles. The van der Waals surface area contributed by atoms with Crippen LogP contribution in [-0.4, -0.2) is 36.1 Å². The molecule has 1 saturated carbocycles. The average Bonchev–Trinajstić information content (AvgIpc) is 3.12. The van der Waals surface area contributed by atoms with Crippen LogP contribution in [0, 0.1) is 5.92 Å². The zero-order valence-corrected chi connectivity index (χ0v) is 11.5. The fourth-order valence-electron chi connectivity index (χ4n) is 4.18. The van der Waals surface area contributed by atoms with Crippen LogP contribution in [0.5, 0.6) is 0 Å². The Kier molecular flexibility index (Phi) is 3.45. The first kappa shape index (κ1) is 12.0. The Morgan fingerprint density at radius 3 is 2.29 bits per heavy atom. The van der Waals surface area contributed by atoms with Gasteiger partial charge in [-0.2, -0.15) is 0 Å². The van der Waals surface area contributed by atoms with Gasteiger partial charge in [0.1, 0.15) is 0 Å². The van der Waals surface area contributed by atoms with E-state index in [1.807, 2.05) is 0 Å². The number of piperidine rings is 1. The van der Waals surface area contributed by atoms with E-state index in [4.69, 9.17) is 0 Å². The fraction of sp³-hybridized carbons (Fsp3) is 1.00. The van der Waals surface area contributed by atoms with Gasteiger partial charge in [-0.25, -0.2) is 0 Å². The summed E-state index contributed by atoms with van der Waals surface area (Å²) >= 11 is 0. The Balaban J connectivity index is 1.61. The van der Waals surface area contributed by atoms with Crippen LogP contribution >= 0.6 is 0 Å². The van der Waals surface area contributed by atoms with Crippen molar-refractivity contribution in [3.8, 4) is 0 Å². The number of nitrogens with zero attached hydrogens (tertiary/aromatic N) is 1. The van der Waals surface area contributed by atoms with Gasteiger partial charge in [-0.3, -0.25) is 0 Å². The average molecular weight is 236 g/mol. The van der Waals surface area contributed by atoms with Gasteiger partial charge < -0.3 is 10.2 Å². The molecule has 1 N–H and O–H groups in total. The molecule has 0 aromatic carbocycles. The van der Waals surface area contributed by atoms with E-state index < -0.39 is 0 Å². The van der Waals surface area contributed by atoms with Gasteiger partial charge in [-0.05, 0) is 57.9 Å². The van der Waals surface area contributed by atoms with Gasteiger partial charge in [0.15, 0.2) is 0 Å². The molecule has 3 unspecified atom stereocenters. The van der Waals surface area contributed by atoms with Gasteiger partial charge in [-0.1, -0.05) is 13.3 Å². The first-order chi connectivity index (χ1) is 8.28. The van der Waals surface area contributed by atoms with Gasteiger partial charge in [0.25, 0.3) is 0 Å². The standard InChI is InChI=1S/C15H28N2/c1-3-4-15(11-5-6-11)17(2)14-9-12-7-8-13(10-14)16-12/h11-16H,3-10H2,1-2H3. The normalized spacial score (nSPS) is 38.6. The summed E-state index contributed by atoms with van der Waals surface area (Å²) < 4.78 is 0. The fourth-order valence-corrected chi connectivity index (χ4v) is 4.18. The van der Waals surface area contributed by atoms with E-state index >= 15 is 0 Å². The molecule has 3 aliphatic rings. The second kappa shape index (κ2) is 4.89. The van der Waals surface area contributed by atoms with E-state index in [0.29, 0.717) is 0 Å². The largest absolute Gasteiger partial charge is 0.311 e. The molecular formula is C15H28N2. The van der Waals surface area contributed by atoms with Gasteiger partial charge in [0.2, 0.25) is 0 Å². The van der Waals surface area contributed by atoms with E-state index in [2.05, 4.69) is 24.2 Å². The minimum Gasteiger partial charge on any atom is -0.311 e. The highest BCUT2D eigenvalue weighted by Gasteiger charge is 2.40. The molecule has 0 spiro atoms. The number of nitrogens with one attached hydrogen (secondary N) is 1. The van der Waals surface area contributed by atoms with Gasteiger partial charge >= 0.3 is 0 Å². The summed E-state index contributed by atoms with van der Waals surface area (Å²) in [6.07, 6.45) is 11.4. The van der Waals surface area contributed by atoms with E-state index in [0.717, 1.165) is 30.1 Å².